The number of aliphatic hydroxyl groups is 1. The molecule has 0 aliphatic carbocycles. The van der Waals surface area contributed by atoms with Crippen LogP contribution in [0.15, 0.2) is 35.2 Å². The molecule has 0 bridgehead atoms. The van der Waals surface area contributed by atoms with Crippen molar-refractivity contribution in [2.75, 3.05) is 18.1 Å². The lowest BCUT2D eigenvalue weighted by molar-refractivity contribution is 0.301. The van der Waals surface area contributed by atoms with E-state index in [1.807, 2.05) is 35.3 Å². The van der Waals surface area contributed by atoms with E-state index in [0.717, 1.165) is 11.7 Å². The summed E-state index contributed by atoms with van der Waals surface area (Å²) in [5, 5.41) is 9.66. The van der Waals surface area contributed by atoms with Gasteiger partial charge in [-0.1, -0.05) is 31.5 Å². The predicted molar refractivity (Wildman–Crippen MR) is 85.7 cm³/mol. The molecule has 1 saturated heterocycles. The van der Waals surface area contributed by atoms with Crippen LogP contribution in [0.2, 0.25) is 0 Å². The van der Waals surface area contributed by atoms with Crippen molar-refractivity contribution in [2.24, 2.45) is 5.92 Å². The second-order valence-corrected chi connectivity index (χ2v) is 8.45. The van der Waals surface area contributed by atoms with Crippen LogP contribution in [0.3, 0.4) is 0 Å². The molecular weight excluding hydrogens is 280 g/mol. The fourth-order valence-electron chi connectivity index (χ4n) is 1.92. The maximum absolute atomic E-state index is 9.21. The van der Waals surface area contributed by atoms with Crippen molar-refractivity contribution >= 4 is 35.3 Å². The van der Waals surface area contributed by atoms with Gasteiger partial charge >= 0.3 is 0 Å². The summed E-state index contributed by atoms with van der Waals surface area (Å²) in [5.41, 5.74) is 0. The standard InChI is InChI=1S/C14H20OS3/c1-2-11(14-17-10-13(8-15)18-14)9-16-12-6-4-3-5-7-12/h3-7,11,13-15H,2,8-10H2,1H3. The first kappa shape index (κ1) is 14.6. The normalized spacial score (nSPS) is 25.2. The van der Waals surface area contributed by atoms with Crippen LogP contribution in [0.5, 0.6) is 0 Å². The molecule has 0 radical (unpaired) electrons. The summed E-state index contributed by atoms with van der Waals surface area (Å²) >= 11 is 5.97. The molecule has 0 spiro atoms. The largest absolute Gasteiger partial charge is 0.395 e. The Kier molecular flexibility index (Phi) is 6.29. The van der Waals surface area contributed by atoms with E-state index in [0.29, 0.717) is 16.4 Å². The third kappa shape index (κ3) is 4.12. The molecule has 0 amide bonds. The first-order valence-electron chi connectivity index (χ1n) is 6.39. The average Bonchev–Trinajstić information content (AvgIpc) is 2.89. The molecule has 1 nitrogen and oxygen atoms in total. The van der Waals surface area contributed by atoms with Gasteiger partial charge in [-0.2, -0.15) is 0 Å². The van der Waals surface area contributed by atoms with Gasteiger partial charge in [0.1, 0.15) is 0 Å². The highest BCUT2D eigenvalue weighted by molar-refractivity contribution is 8.20. The van der Waals surface area contributed by atoms with Crippen LogP contribution in [0.4, 0.5) is 0 Å². The van der Waals surface area contributed by atoms with Gasteiger partial charge in [0.25, 0.3) is 0 Å². The molecule has 3 unspecified atom stereocenters. The molecule has 4 heteroatoms. The number of hydrogen-bond acceptors (Lipinski definition) is 4. The van der Waals surface area contributed by atoms with Crippen molar-refractivity contribution in [3.05, 3.63) is 30.3 Å². The summed E-state index contributed by atoms with van der Waals surface area (Å²) in [4.78, 5) is 1.36. The molecule has 18 heavy (non-hydrogen) atoms. The third-order valence-corrected chi connectivity index (χ3v) is 7.91. The maximum atomic E-state index is 9.21. The summed E-state index contributed by atoms with van der Waals surface area (Å²) < 4.78 is 0.670. The molecule has 1 aromatic rings. The molecule has 0 saturated carbocycles. The van der Waals surface area contributed by atoms with E-state index in [-0.39, 0.29) is 0 Å². The molecule has 1 aromatic carbocycles. The van der Waals surface area contributed by atoms with E-state index in [1.165, 1.54) is 17.1 Å². The monoisotopic (exact) mass is 300 g/mol. The van der Waals surface area contributed by atoms with Crippen LogP contribution in [-0.4, -0.2) is 33.1 Å². The van der Waals surface area contributed by atoms with E-state index in [4.69, 9.17) is 0 Å². The Labute approximate surface area is 123 Å². The van der Waals surface area contributed by atoms with E-state index >= 15 is 0 Å². The van der Waals surface area contributed by atoms with Crippen LogP contribution < -0.4 is 0 Å². The highest BCUT2D eigenvalue weighted by Gasteiger charge is 2.30. The highest BCUT2D eigenvalue weighted by Crippen LogP contribution is 2.44. The quantitative estimate of drug-likeness (QED) is 0.802. The first-order chi connectivity index (χ1) is 8.83. The van der Waals surface area contributed by atoms with Gasteiger partial charge in [0, 0.05) is 21.7 Å². The van der Waals surface area contributed by atoms with Gasteiger partial charge in [-0.05, 0) is 18.1 Å². The summed E-state index contributed by atoms with van der Waals surface area (Å²) in [6, 6.07) is 10.6. The van der Waals surface area contributed by atoms with E-state index in [1.54, 1.807) is 0 Å². The van der Waals surface area contributed by atoms with Crippen LogP contribution in [0, 0.1) is 5.92 Å². The van der Waals surface area contributed by atoms with E-state index in [9.17, 15) is 5.11 Å². The molecule has 1 N–H and O–H groups in total. The Morgan fingerprint density at radius 2 is 2.17 bits per heavy atom. The molecule has 1 aliphatic heterocycles. The van der Waals surface area contributed by atoms with Crippen molar-refractivity contribution in [3.63, 3.8) is 0 Å². The molecule has 100 valence electrons. The van der Waals surface area contributed by atoms with Crippen molar-refractivity contribution in [2.45, 2.75) is 28.1 Å². The molecule has 1 fully saturated rings. The van der Waals surface area contributed by atoms with E-state index < -0.39 is 0 Å². The zero-order valence-electron chi connectivity index (χ0n) is 10.6. The van der Waals surface area contributed by atoms with Crippen LogP contribution in [-0.2, 0) is 0 Å². The second-order valence-electron chi connectivity index (χ2n) is 4.43. The lowest BCUT2D eigenvalue weighted by Crippen LogP contribution is -2.14. The average molecular weight is 301 g/mol. The summed E-state index contributed by atoms with van der Waals surface area (Å²) in [6.45, 7) is 2.61. The van der Waals surface area contributed by atoms with Gasteiger partial charge in [0.2, 0.25) is 0 Å². The summed E-state index contributed by atoms with van der Waals surface area (Å²) in [5.74, 6) is 3.03. The SMILES string of the molecule is CCC(CSc1ccccc1)C1SCC(CO)S1. The Balaban J connectivity index is 1.83. The van der Waals surface area contributed by atoms with Gasteiger partial charge in [0.15, 0.2) is 0 Å². The molecule has 1 aliphatic rings. The van der Waals surface area contributed by atoms with Gasteiger partial charge in [-0.25, -0.2) is 0 Å². The minimum Gasteiger partial charge on any atom is -0.395 e. The zero-order chi connectivity index (χ0) is 12.8. The van der Waals surface area contributed by atoms with Gasteiger partial charge in [-0.3, -0.25) is 0 Å². The molecular formula is C14H20OS3. The number of rotatable bonds is 6. The zero-order valence-corrected chi connectivity index (χ0v) is 13.1. The lowest BCUT2D eigenvalue weighted by atomic mass is 10.1. The van der Waals surface area contributed by atoms with Crippen LogP contribution in [0.25, 0.3) is 0 Å². The molecule has 2 rings (SSSR count). The van der Waals surface area contributed by atoms with Gasteiger partial charge in [-0.15, -0.1) is 35.3 Å². The minimum absolute atomic E-state index is 0.330. The van der Waals surface area contributed by atoms with Crippen LogP contribution >= 0.6 is 35.3 Å². The number of thioether (sulfide) groups is 3. The number of hydrogen-bond donors (Lipinski definition) is 1. The van der Waals surface area contributed by atoms with Crippen molar-refractivity contribution in [3.8, 4) is 0 Å². The Hall–Kier alpha value is 0.230. The minimum atomic E-state index is 0.330. The van der Waals surface area contributed by atoms with Crippen LogP contribution in [0.1, 0.15) is 13.3 Å². The molecule has 0 aromatic heterocycles. The van der Waals surface area contributed by atoms with Crippen molar-refractivity contribution in [1.29, 1.82) is 0 Å². The fourth-order valence-corrected chi connectivity index (χ4v) is 6.97. The van der Waals surface area contributed by atoms with Gasteiger partial charge in [0.05, 0.1) is 11.2 Å². The predicted octanol–water partition coefficient (Wildman–Crippen LogP) is 3.97. The number of aliphatic hydroxyl groups excluding tert-OH is 1. The third-order valence-electron chi connectivity index (χ3n) is 3.09. The molecule has 3 atom stereocenters. The summed E-state index contributed by atoms with van der Waals surface area (Å²) in [6.07, 6.45) is 1.22. The summed E-state index contributed by atoms with van der Waals surface area (Å²) in [7, 11) is 0. The van der Waals surface area contributed by atoms with E-state index in [2.05, 4.69) is 37.3 Å². The Morgan fingerprint density at radius 1 is 1.39 bits per heavy atom. The first-order valence-corrected chi connectivity index (χ1v) is 9.37. The fraction of sp³-hybridized carbons (Fsp3) is 0.571. The smallest absolute Gasteiger partial charge is 0.0558 e. The second kappa shape index (κ2) is 7.73. The van der Waals surface area contributed by atoms with Crippen molar-refractivity contribution in [1.82, 2.24) is 0 Å². The molecule has 1 heterocycles. The Morgan fingerprint density at radius 3 is 2.78 bits per heavy atom. The Bertz CT molecular complexity index is 344. The van der Waals surface area contributed by atoms with Crippen molar-refractivity contribution < 1.29 is 5.11 Å². The van der Waals surface area contributed by atoms with Gasteiger partial charge < -0.3 is 5.11 Å². The maximum Gasteiger partial charge on any atom is 0.0558 e. The highest BCUT2D eigenvalue weighted by atomic mass is 32.2. The topological polar surface area (TPSA) is 20.2 Å². The lowest BCUT2D eigenvalue weighted by Gasteiger charge is -2.20. The number of benzene rings is 1.